The molecule has 0 aromatic carbocycles. The van der Waals surface area contributed by atoms with Crippen molar-refractivity contribution in [3.63, 3.8) is 0 Å². The normalized spacial score (nSPS) is 29.0. The summed E-state index contributed by atoms with van der Waals surface area (Å²) in [6.45, 7) is 10.1. The fraction of sp³-hybridized carbons (Fsp3) is 0.733. The van der Waals surface area contributed by atoms with Gasteiger partial charge in [0, 0.05) is 17.5 Å². The quantitative estimate of drug-likeness (QED) is 0.557. The summed E-state index contributed by atoms with van der Waals surface area (Å²) in [4.78, 5) is 52.7. The van der Waals surface area contributed by atoms with Crippen LogP contribution in [-0.2, 0) is 19.2 Å². The minimum Gasteiger partial charge on any atom is -0.279 e. The number of fused-ring (bicyclic) bond motifs is 2. The van der Waals surface area contributed by atoms with E-state index in [1.54, 1.807) is 41.5 Å². The molecule has 0 aliphatic carbocycles. The Bertz CT molecular complexity index is 458. The number of likely N-dealkylation sites (tertiary alicyclic amines) is 2. The summed E-state index contributed by atoms with van der Waals surface area (Å²) in [5, 5.41) is 0. The maximum atomic E-state index is 12.6. The molecule has 0 atom stereocenters. The summed E-state index contributed by atoms with van der Waals surface area (Å²) < 4.78 is 0. The largest absolute Gasteiger partial charge is 0.279 e. The van der Waals surface area contributed by atoms with Crippen molar-refractivity contribution in [2.45, 2.75) is 53.6 Å². The maximum Gasteiger partial charge on any atom is 0.242 e. The van der Waals surface area contributed by atoms with Gasteiger partial charge in [-0.3, -0.25) is 29.0 Å². The molecule has 2 aliphatic rings. The van der Waals surface area contributed by atoms with Crippen LogP contribution in [0.15, 0.2) is 0 Å². The third-order valence-corrected chi connectivity index (χ3v) is 4.46. The zero-order valence-electron chi connectivity index (χ0n) is 13.3. The van der Waals surface area contributed by atoms with Gasteiger partial charge in [-0.05, 0) is 27.7 Å². The van der Waals surface area contributed by atoms with Gasteiger partial charge in [0.1, 0.15) is 11.8 Å². The smallest absolute Gasteiger partial charge is 0.242 e. The molecule has 116 valence electrons. The van der Waals surface area contributed by atoms with Crippen molar-refractivity contribution < 1.29 is 19.2 Å². The molecule has 0 N–H and O–H groups in total. The summed E-state index contributed by atoms with van der Waals surface area (Å²) in [5.74, 6) is -3.89. The van der Waals surface area contributed by atoms with Crippen LogP contribution in [0.25, 0.3) is 0 Å². The van der Waals surface area contributed by atoms with E-state index in [1.807, 2.05) is 0 Å². The van der Waals surface area contributed by atoms with Gasteiger partial charge in [0.05, 0.1) is 0 Å². The number of imide groups is 2. The molecule has 2 saturated heterocycles. The minimum atomic E-state index is -0.973. The van der Waals surface area contributed by atoms with Crippen molar-refractivity contribution in [1.82, 2.24) is 9.80 Å². The van der Waals surface area contributed by atoms with E-state index in [4.69, 9.17) is 0 Å². The zero-order valence-corrected chi connectivity index (χ0v) is 13.3. The molecule has 2 aliphatic heterocycles. The number of carbonyl (C=O) groups excluding carboxylic acids is 4. The molecule has 6 nitrogen and oxygen atoms in total. The van der Waals surface area contributed by atoms with Gasteiger partial charge in [-0.25, -0.2) is 0 Å². The van der Waals surface area contributed by atoms with E-state index >= 15 is 0 Å². The molecule has 2 heterocycles. The Morgan fingerprint density at radius 1 is 0.714 bits per heavy atom. The number of carbonyl (C=O) groups is 4. The zero-order chi connectivity index (χ0) is 16.3. The van der Waals surface area contributed by atoms with Gasteiger partial charge < -0.3 is 0 Å². The third kappa shape index (κ3) is 1.92. The number of rotatable bonds is 2. The Morgan fingerprint density at radius 3 is 1.14 bits per heavy atom. The standard InChI is InChI=1S/C15H22N2O4/c1-7(2)16-11(18)9-13(20)17(8(3)4)14(21)10(12(16)19)15(9,5)6/h7-10H,1-6H3. The highest BCUT2D eigenvalue weighted by Crippen LogP contribution is 2.47. The first-order chi connectivity index (χ1) is 9.53. The van der Waals surface area contributed by atoms with Crippen LogP contribution in [0.1, 0.15) is 41.5 Å². The predicted molar refractivity (Wildman–Crippen MR) is 74.7 cm³/mol. The van der Waals surface area contributed by atoms with Crippen molar-refractivity contribution in [2.75, 3.05) is 0 Å². The van der Waals surface area contributed by atoms with Gasteiger partial charge in [0.15, 0.2) is 0 Å². The van der Waals surface area contributed by atoms with Crippen LogP contribution < -0.4 is 0 Å². The van der Waals surface area contributed by atoms with Gasteiger partial charge in [-0.1, -0.05) is 13.8 Å². The molecule has 21 heavy (non-hydrogen) atoms. The molecule has 2 fully saturated rings. The van der Waals surface area contributed by atoms with E-state index in [-0.39, 0.29) is 12.1 Å². The van der Waals surface area contributed by atoms with Crippen LogP contribution in [0, 0.1) is 17.3 Å². The van der Waals surface area contributed by atoms with Gasteiger partial charge in [0.2, 0.25) is 23.6 Å². The highest BCUT2D eigenvalue weighted by atomic mass is 16.2. The Morgan fingerprint density at radius 2 is 0.952 bits per heavy atom. The molecule has 2 rings (SSSR count). The lowest BCUT2D eigenvalue weighted by Gasteiger charge is -2.52. The number of nitrogens with zero attached hydrogens (tertiary/aromatic N) is 2. The van der Waals surface area contributed by atoms with Gasteiger partial charge in [-0.15, -0.1) is 0 Å². The van der Waals surface area contributed by atoms with E-state index < -0.39 is 40.9 Å². The van der Waals surface area contributed by atoms with Crippen LogP contribution in [0.2, 0.25) is 0 Å². The van der Waals surface area contributed by atoms with E-state index in [1.165, 1.54) is 0 Å². The van der Waals surface area contributed by atoms with E-state index in [0.717, 1.165) is 9.80 Å². The molecule has 4 amide bonds. The van der Waals surface area contributed by atoms with Crippen molar-refractivity contribution >= 4 is 23.6 Å². The number of hydrogen-bond donors (Lipinski definition) is 0. The van der Waals surface area contributed by atoms with Crippen LogP contribution in [0.3, 0.4) is 0 Å². The average molecular weight is 294 g/mol. The van der Waals surface area contributed by atoms with E-state index in [9.17, 15) is 19.2 Å². The van der Waals surface area contributed by atoms with Gasteiger partial charge in [0.25, 0.3) is 0 Å². The first-order valence-electron chi connectivity index (χ1n) is 7.27. The summed E-state index contributed by atoms with van der Waals surface area (Å²) in [5.41, 5.74) is -0.973. The molecule has 0 spiro atoms. The monoisotopic (exact) mass is 294 g/mol. The number of hydrogen-bond acceptors (Lipinski definition) is 4. The lowest BCUT2D eigenvalue weighted by Crippen LogP contribution is -2.71. The van der Waals surface area contributed by atoms with Crippen LogP contribution >= 0.6 is 0 Å². The molecule has 6 heteroatoms. The Kier molecular flexibility index (Phi) is 3.46. The number of amides is 4. The van der Waals surface area contributed by atoms with Crippen molar-refractivity contribution in [3.8, 4) is 0 Å². The Balaban J connectivity index is 2.62. The summed E-state index contributed by atoms with van der Waals surface area (Å²) in [7, 11) is 0. The minimum absolute atomic E-state index is 0.364. The van der Waals surface area contributed by atoms with Gasteiger partial charge in [-0.2, -0.15) is 0 Å². The number of piperidine rings is 2. The molecule has 0 radical (unpaired) electrons. The van der Waals surface area contributed by atoms with Crippen molar-refractivity contribution in [3.05, 3.63) is 0 Å². The van der Waals surface area contributed by atoms with Crippen LogP contribution in [0.4, 0.5) is 0 Å². The predicted octanol–water partition coefficient (Wildman–Crippen LogP) is 0.799. The molecular weight excluding hydrogens is 272 g/mol. The first-order valence-corrected chi connectivity index (χ1v) is 7.27. The van der Waals surface area contributed by atoms with Crippen molar-refractivity contribution in [2.24, 2.45) is 17.3 Å². The third-order valence-electron chi connectivity index (χ3n) is 4.46. The second-order valence-electron chi connectivity index (χ2n) is 6.97. The maximum absolute atomic E-state index is 12.6. The lowest BCUT2D eigenvalue weighted by molar-refractivity contribution is -0.186. The first kappa shape index (κ1) is 15.7. The molecule has 0 aromatic rings. The van der Waals surface area contributed by atoms with Crippen LogP contribution in [-0.4, -0.2) is 45.5 Å². The summed E-state index contributed by atoms with van der Waals surface area (Å²) in [6, 6.07) is -0.727. The molecule has 0 unspecified atom stereocenters. The summed E-state index contributed by atoms with van der Waals surface area (Å²) in [6.07, 6.45) is 0. The lowest BCUT2D eigenvalue weighted by atomic mass is 9.61. The van der Waals surface area contributed by atoms with E-state index in [0.29, 0.717) is 0 Å². The Hall–Kier alpha value is -1.72. The molecule has 2 bridgehead atoms. The fourth-order valence-corrected chi connectivity index (χ4v) is 3.44. The Labute approximate surface area is 124 Å². The van der Waals surface area contributed by atoms with Crippen LogP contribution in [0.5, 0.6) is 0 Å². The van der Waals surface area contributed by atoms with Gasteiger partial charge >= 0.3 is 0 Å². The van der Waals surface area contributed by atoms with Crippen molar-refractivity contribution in [1.29, 1.82) is 0 Å². The highest BCUT2D eigenvalue weighted by Gasteiger charge is 2.65. The second kappa shape index (κ2) is 4.64. The highest BCUT2D eigenvalue weighted by molar-refractivity contribution is 6.22. The average Bonchev–Trinajstić information content (AvgIpc) is 2.24. The molecule has 0 saturated carbocycles. The second-order valence-corrected chi connectivity index (χ2v) is 6.97. The topological polar surface area (TPSA) is 74.8 Å². The molecular formula is C15H22N2O4. The molecule has 0 aromatic heterocycles. The SMILES string of the molecule is CC(C)N1C(=O)C2C(=O)N(C(C)C)C(=O)C(C1=O)C2(C)C. The fourth-order valence-electron chi connectivity index (χ4n) is 3.44. The summed E-state index contributed by atoms with van der Waals surface area (Å²) >= 11 is 0. The van der Waals surface area contributed by atoms with E-state index in [2.05, 4.69) is 0 Å².